The Hall–Kier alpha value is -2.34. The molecule has 4 rings (SSSR count). The van der Waals surface area contributed by atoms with E-state index in [4.69, 9.17) is 4.74 Å². The maximum Gasteiger partial charge on any atom is 0.244 e. The number of rotatable bonds is 3. The van der Waals surface area contributed by atoms with Gasteiger partial charge in [0, 0.05) is 19.4 Å². The first kappa shape index (κ1) is 19.0. The zero-order valence-corrected chi connectivity index (χ0v) is 17.4. The second kappa shape index (κ2) is 6.34. The molecule has 1 fully saturated rings. The Morgan fingerprint density at radius 3 is 2.39 bits per heavy atom. The molecule has 0 spiro atoms. The second-order valence-corrected chi connectivity index (χ2v) is 10.3. The molecule has 1 amide bonds. The van der Waals surface area contributed by atoms with Crippen molar-refractivity contribution < 1.29 is 17.9 Å². The van der Waals surface area contributed by atoms with Gasteiger partial charge in [0.05, 0.1) is 4.90 Å². The molecule has 2 heterocycles. The summed E-state index contributed by atoms with van der Waals surface area (Å²) in [5, 5.41) is -1.15. The van der Waals surface area contributed by atoms with Crippen LogP contribution in [0.25, 0.3) is 0 Å². The molecule has 0 saturated carbocycles. The van der Waals surface area contributed by atoms with E-state index in [-0.39, 0.29) is 4.90 Å². The van der Waals surface area contributed by atoms with E-state index in [1.807, 2.05) is 43.3 Å². The zero-order chi connectivity index (χ0) is 20.3. The zero-order valence-electron chi connectivity index (χ0n) is 16.5. The Balaban J connectivity index is 1.83. The van der Waals surface area contributed by atoms with Crippen molar-refractivity contribution in [1.82, 2.24) is 4.90 Å². The van der Waals surface area contributed by atoms with Crippen molar-refractivity contribution in [3.63, 3.8) is 0 Å². The van der Waals surface area contributed by atoms with Gasteiger partial charge in [-0.1, -0.05) is 44.2 Å². The molecule has 6 heteroatoms. The lowest BCUT2D eigenvalue weighted by molar-refractivity contribution is -0.159. The largest absolute Gasteiger partial charge is 0.468 e. The minimum absolute atomic E-state index is 0.191. The number of amides is 1. The van der Waals surface area contributed by atoms with E-state index in [0.717, 1.165) is 11.1 Å². The number of benzene rings is 2. The maximum absolute atomic E-state index is 13.6. The fourth-order valence-corrected chi connectivity index (χ4v) is 6.19. The molecule has 2 bridgehead atoms. The Morgan fingerprint density at radius 1 is 1.11 bits per heavy atom. The summed E-state index contributed by atoms with van der Waals surface area (Å²) in [6.45, 7) is 5.96. The predicted octanol–water partition coefficient (Wildman–Crippen LogP) is 3.71. The Morgan fingerprint density at radius 2 is 1.75 bits per heavy atom. The van der Waals surface area contributed by atoms with Crippen molar-refractivity contribution in [2.75, 3.05) is 7.05 Å². The topological polar surface area (TPSA) is 63.7 Å². The average molecular weight is 400 g/mol. The molecule has 0 unspecified atom stereocenters. The van der Waals surface area contributed by atoms with Crippen LogP contribution in [0.2, 0.25) is 0 Å². The van der Waals surface area contributed by atoms with Gasteiger partial charge in [-0.2, -0.15) is 0 Å². The first-order valence-electron chi connectivity index (χ1n) is 9.54. The Kier molecular flexibility index (Phi) is 4.30. The molecule has 148 valence electrons. The number of likely N-dealkylation sites (tertiary alicyclic amines) is 1. The van der Waals surface area contributed by atoms with Crippen molar-refractivity contribution >= 4 is 15.7 Å². The summed E-state index contributed by atoms with van der Waals surface area (Å²) in [7, 11) is -2.23. The third kappa shape index (κ3) is 2.73. The molecular formula is C22H25NO4S. The van der Waals surface area contributed by atoms with Crippen LogP contribution in [-0.4, -0.2) is 37.2 Å². The average Bonchev–Trinajstić information content (AvgIpc) is 2.66. The van der Waals surface area contributed by atoms with Gasteiger partial charge < -0.3 is 9.64 Å². The molecule has 1 saturated heterocycles. The number of nitrogens with zero attached hydrogens (tertiary/aromatic N) is 1. The lowest BCUT2D eigenvalue weighted by atomic mass is 9.80. The number of hydrogen-bond donors (Lipinski definition) is 0. The summed E-state index contributed by atoms with van der Waals surface area (Å²) in [4.78, 5) is 14.9. The molecule has 2 aliphatic rings. The van der Waals surface area contributed by atoms with E-state index >= 15 is 0 Å². The van der Waals surface area contributed by atoms with Gasteiger partial charge >= 0.3 is 0 Å². The van der Waals surface area contributed by atoms with E-state index in [9.17, 15) is 13.2 Å². The molecule has 0 aromatic heterocycles. The van der Waals surface area contributed by atoms with Crippen LogP contribution in [0.5, 0.6) is 5.75 Å². The monoisotopic (exact) mass is 399 g/mol. The number of sulfone groups is 1. The van der Waals surface area contributed by atoms with E-state index in [1.165, 1.54) is 4.90 Å². The van der Waals surface area contributed by atoms with Gasteiger partial charge in [0.25, 0.3) is 0 Å². The lowest BCUT2D eigenvalue weighted by Crippen LogP contribution is -2.64. The number of piperidine rings is 1. The fourth-order valence-electron chi connectivity index (χ4n) is 4.29. The van der Waals surface area contributed by atoms with E-state index < -0.39 is 32.6 Å². The third-order valence-electron chi connectivity index (χ3n) is 6.11. The van der Waals surface area contributed by atoms with Crippen LogP contribution in [0.15, 0.2) is 53.4 Å². The molecule has 5 nitrogen and oxygen atoms in total. The highest BCUT2D eigenvalue weighted by Crippen LogP contribution is 2.49. The van der Waals surface area contributed by atoms with Crippen molar-refractivity contribution in [3.05, 3.63) is 59.7 Å². The molecule has 2 aliphatic heterocycles. The quantitative estimate of drug-likeness (QED) is 0.789. The van der Waals surface area contributed by atoms with Crippen molar-refractivity contribution in [2.24, 2.45) is 0 Å². The molecule has 2 aromatic carbocycles. The van der Waals surface area contributed by atoms with Gasteiger partial charge in [-0.25, -0.2) is 8.42 Å². The molecule has 3 atom stereocenters. The Bertz CT molecular complexity index is 1030. The first-order valence-corrected chi connectivity index (χ1v) is 11.1. The summed E-state index contributed by atoms with van der Waals surface area (Å²) in [5.41, 5.74) is 1.01. The highest BCUT2D eigenvalue weighted by molar-refractivity contribution is 7.92. The molecule has 0 aliphatic carbocycles. The van der Waals surface area contributed by atoms with Crippen LogP contribution in [0, 0.1) is 0 Å². The SMILES string of the molecule is CC(C)c1ccc(S(=O)(=O)[C@H]2C(=O)N(C)[C@@]3(C)C[C@H]2c2ccccc2O3)cc1. The maximum atomic E-state index is 13.6. The standard InChI is InChI=1S/C22H25NO4S/c1-14(2)15-9-11-16(12-10-15)28(25,26)20-18-13-22(3,23(4)21(20)24)27-19-8-6-5-7-17(18)19/h5-12,14,18,20H,13H2,1-4H3/t18-,20+,22+/m0/s1. The highest BCUT2D eigenvalue weighted by atomic mass is 32.2. The lowest BCUT2D eigenvalue weighted by Gasteiger charge is -2.51. The van der Waals surface area contributed by atoms with Crippen molar-refractivity contribution in [3.8, 4) is 5.75 Å². The third-order valence-corrected chi connectivity index (χ3v) is 8.23. The second-order valence-electron chi connectivity index (χ2n) is 8.21. The minimum atomic E-state index is -3.85. The number of ether oxygens (including phenoxy) is 1. The molecule has 0 radical (unpaired) electrons. The normalized spacial score (nSPS) is 26.8. The van der Waals surface area contributed by atoms with E-state index in [0.29, 0.717) is 18.1 Å². The van der Waals surface area contributed by atoms with Crippen LogP contribution >= 0.6 is 0 Å². The van der Waals surface area contributed by atoms with Gasteiger partial charge in [-0.05, 0) is 42.2 Å². The van der Waals surface area contributed by atoms with Gasteiger partial charge in [0.2, 0.25) is 5.91 Å². The molecule has 28 heavy (non-hydrogen) atoms. The van der Waals surface area contributed by atoms with E-state index in [2.05, 4.69) is 13.8 Å². The molecule has 2 aromatic rings. The number of para-hydroxylation sites is 1. The summed E-state index contributed by atoms with van der Waals surface area (Å²) in [5.74, 6) is 0.104. The van der Waals surface area contributed by atoms with Crippen molar-refractivity contribution in [1.29, 1.82) is 0 Å². The number of fused-ring (bicyclic) bond motifs is 4. The van der Waals surface area contributed by atoms with Crippen molar-refractivity contribution in [2.45, 2.75) is 54.9 Å². The molecule has 0 N–H and O–H groups in total. The first-order chi connectivity index (χ1) is 13.1. The van der Waals surface area contributed by atoms with Gasteiger partial charge in [0.15, 0.2) is 20.8 Å². The Labute approximate surface area is 166 Å². The van der Waals surface area contributed by atoms with Crippen LogP contribution in [0.4, 0.5) is 0 Å². The van der Waals surface area contributed by atoms with E-state index in [1.54, 1.807) is 19.2 Å². The van der Waals surface area contributed by atoms with Crippen LogP contribution in [0.3, 0.4) is 0 Å². The minimum Gasteiger partial charge on any atom is -0.468 e. The van der Waals surface area contributed by atoms with Gasteiger partial charge in [0.1, 0.15) is 5.75 Å². The fraction of sp³-hybridized carbons (Fsp3) is 0.409. The van der Waals surface area contributed by atoms with Crippen LogP contribution in [0.1, 0.15) is 50.2 Å². The summed E-state index contributed by atoms with van der Waals surface area (Å²) < 4.78 is 33.2. The summed E-state index contributed by atoms with van der Waals surface area (Å²) >= 11 is 0. The number of hydrogen-bond acceptors (Lipinski definition) is 4. The number of carbonyl (C=O) groups is 1. The highest BCUT2D eigenvalue weighted by Gasteiger charge is 2.56. The smallest absolute Gasteiger partial charge is 0.244 e. The van der Waals surface area contributed by atoms with Crippen LogP contribution in [-0.2, 0) is 14.6 Å². The van der Waals surface area contributed by atoms with Gasteiger partial charge in [-0.15, -0.1) is 0 Å². The predicted molar refractivity (Wildman–Crippen MR) is 107 cm³/mol. The van der Waals surface area contributed by atoms with Gasteiger partial charge in [-0.3, -0.25) is 4.79 Å². The van der Waals surface area contributed by atoms with Crippen LogP contribution < -0.4 is 4.74 Å². The summed E-state index contributed by atoms with van der Waals surface area (Å²) in [6, 6.07) is 14.3. The summed E-state index contributed by atoms with van der Waals surface area (Å²) in [6.07, 6.45) is 0.445. The molecular weight excluding hydrogens is 374 g/mol. The number of carbonyl (C=O) groups excluding carboxylic acids is 1.